The molecule has 0 bridgehead atoms. The van der Waals surface area contributed by atoms with Crippen molar-refractivity contribution >= 4 is 17.8 Å². The first-order chi connectivity index (χ1) is 10.6. The third-order valence-corrected chi connectivity index (χ3v) is 5.29. The van der Waals surface area contributed by atoms with E-state index in [4.69, 9.17) is 0 Å². The summed E-state index contributed by atoms with van der Waals surface area (Å²) in [6.45, 7) is 2.92. The van der Waals surface area contributed by atoms with Crippen molar-refractivity contribution < 1.29 is 9.90 Å². The predicted molar refractivity (Wildman–Crippen MR) is 92.1 cm³/mol. The van der Waals surface area contributed by atoms with Crippen LogP contribution in [0.4, 0.5) is 4.79 Å². The summed E-state index contributed by atoms with van der Waals surface area (Å²) in [5, 5.41) is 13.0. The second-order valence-corrected chi connectivity index (χ2v) is 7.09. The Morgan fingerprint density at radius 3 is 2.68 bits per heavy atom. The molecule has 1 aliphatic rings. The monoisotopic (exact) mass is 322 g/mol. The van der Waals surface area contributed by atoms with E-state index in [1.54, 1.807) is 4.90 Å². The van der Waals surface area contributed by atoms with Gasteiger partial charge in [0, 0.05) is 24.4 Å². The first-order valence-electron chi connectivity index (χ1n) is 7.87. The van der Waals surface area contributed by atoms with E-state index in [0.717, 1.165) is 18.4 Å². The lowest BCUT2D eigenvalue weighted by Crippen LogP contribution is -2.44. The van der Waals surface area contributed by atoms with Crippen molar-refractivity contribution in [1.82, 2.24) is 10.2 Å². The SMILES string of the molecule is CSC1CCC(NC(=O)N(CCO)Cc2ccc(C)cc2)C1. The Morgan fingerprint density at radius 1 is 1.36 bits per heavy atom. The van der Waals surface area contributed by atoms with E-state index in [0.29, 0.717) is 18.3 Å². The number of amides is 2. The van der Waals surface area contributed by atoms with E-state index in [1.165, 1.54) is 12.0 Å². The van der Waals surface area contributed by atoms with Crippen molar-refractivity contribution in [2.75, 3.05) is 19.4 Å². The minimum absolute atomic E-state index is 0.0165. The van der Waals surface area contributed by atoms with Crippen LogP contribution in [-0.2, 0) is 6.54 Å². The van der Waals surface area contributed by atoms with Crippen molar-refractivity contribution in [1.29, 1.82) is 0 Å². The molecule has 2 N–H and O–H groups in total. The molecule has 1 fully saturated rings. The number of aliphatic hydroxyl groups is 1. The molecule has 2 rings (SSSR count). The Morgan fingerprint density at radius 2 is 2.09 bits per heavy atom. The fraction of sp³-hybridized carbons (Fsp3) is 0.588. The van der Waals surface area contributed by atoms with Crippen LogP contribution in [0.2, 0.25) is 0 Å². The van der Waals surface area contributed by atoms with Crippen molar-refractivity contribution in [2.24, 2.45) is 0 Å². The summed E-state index contributed by atoms with van der Waals surface area (Å²) in [5.41, 5.74) is 2.29. The van der Waals surface area contributed by atoms with Crippen LogP contribution in [0, 0.1) is 6.92 Å². The zero-order valence-corrected chi connectivity index (χ0v) is 14.2. The van der Waals surface area contributed by atoms with E-state index >= 15 is 0 Å². The second kappa shape index (κ2) is 8.44. The highest BCUT2D eigenvalue weighted by molar-refractivity contribution is 7.99. The van der Waals surface area contributed by atoms with E-state index in [1.807, 2.05) is 43.0 Å². The Bertz CT molecular complexity index is 478. The molecular formula is C17H26N2O2S. The normalized spacial score (nSPS) is 20.9. The summed E-state index contributed by atoms with van der Waals surface area (Å²) in [6.07, 6.45) is 5.40. The van der Waals surface area contributed by atoms with Gasteiger partial charge in [0.1, 0.15) is 0 Å². The quantitative estimate of drug-likeness (QED) is 0.847. The largest absolute Gasteiger partial charge is 0.395 e. The minimum atomic E-state index is -0.0682. The first-order valence-corrected chi connectivity index (χ1v) is 9.15. The molecule has 2 amide bonds. The standard InChI is InChI=1S/C17H26N2O2S/c1-13-3-5-14(6-4-13)12-19(9-10-20)17(21)18-15-7-8-16(11-15)22-2/h3-6,15-16,20H,7-12H2,1-2H3,(H,18,21). The van der Waals surface area contributed by atoms with Gasteiger partial charge in [-0.2, -0.15) is 11.8 Å². The molecule has 1 aliphatic carbocycles. The van der Waals surface area contributed by atoms with E-state index in [2.05, 4.69) is 11.6 Å². The molecule has 1 saturated carbocycles. The number of hydrogen-bond donors (Lipinski definition) is 2. The van der Waals surface area contributed by atoms with Gasteiger partial charge in [-0.05, 0) is 38.0 Å². The average molecular weight is 322 g/mol. The van der Waals surface area contributed by atoms with Gasteiger partial charge in [0.25, 0.3) is 0 Å². The zero-order valence-electron chi connectivity index (χ0n) is 13.4. The third-order valence-electron chi connectivity index (χ3n) is 4.20. The topological polar surface area (TPSA) is 52.6 Å². The van der Waals surface area contributed by atoms with Crippen LogP contribution in [0.15, 0.2) is 24.3 Å². The number of hydrogen-bond acceptors (Lipinski definition) is 3. The van der Waals surface area contributed by atoms with Gasteiger partial charge in [0.2, 0.25) is 0 Å². The van der Waals surface area contributed by atoms with Crippen LogP contribution in [0.3, 0.4) is 0 Å². The smallest absolute Gasteiger partial charge is 0.317 e. The molecule has 5 heteroatoms. The Kier molecular flexibility index (Phi) is 6.58. The molecule has 4 nitrogen and oxygen atoms in total. The van der Waals surface area contributed by atoms with Gasteiger partial charge in [-0.15, -0.1) is 0 Å². The van der Waals surface area contributed by atoms with Gasteiger partial charge in [-0.1, -0.05) is 29.8 Å². The van der Waals surface area contributed by atoms with Gasteiger partial charge < -0.3 is 15.3 Å². The fourth-order valence-corrected chi connectivity index (χ4v) is 3.63. The number of urea groups is 1. The minimum Gasteiger partial charge on any atom is -0.395 e. The van der Waals surface area contributed by atoms with Gasteiger partial charge in [0.15, 0.2) is 0 Å². The molecule has 0 aliphatic heterocycles. The second-order valence-electron chi connectivity index (χ2n) is 5.95. The molecule has 2 unspecified atom stereocenters. The van der Waals surface area contributed by atoms with Crippen LogP contribution in [0.5, 0.6) is 0 Å². The molecule has 22 heavy (non-hydrogen) atoms. The molecule has 0 radical (unpaired) electrons. The summed E-state index contributed by atoms with van der Waals surface area (Å²) in [5.74, 6) is 0. The summed E-state index contributed by atoms with van der Waals surface area (Å²) in [4.78, 5) is 14.1. The number of carbonyl (C=O) groups excluding carboxylic acids is 1. The van der Waals surface area contributed by atoms with Crippen LogP contribution in [0.1, 0.15) is 30.4 Å². The van der Waals surface area contributed by atoms with Crippen molar-refractivity contribution in [2.45, 2.75) is 44.0 Å². The number of aliphatic hydroxyl groups excluding tert-OH is 1. The lowest BCUT2D eigenvalue weighted by Gasteiger charge is -2.24. The Labute approximate surface area is 137 Å². The lowest BCUT2D eigenvalue weighted by molar-refractivity contribution is 0.171. The summed E-state index contributed by atoms with van der Waals surface area (Å²) in [7, 11) is 0. The highest BCUT2D eigenvalue weighted by Crippen LogP contribution is 2.28. The maximum absolute atomic E-state index is 12.5. The maximum atomic E-state index is 12.5. The number of carbonyl (C=O) groups is 1. The van der Waals surface area contributed by atoms with Gasteiger partial charge in [0.05, 0.1) is 6.61 Å². The number of nitrogens with zero attached hydrogens (tertiary/aromatic N) is 1. The molecule has 0 aromatic heterocycles. The predicted octanol–water partition coefficient (Wildman–Crippen LogP) is 2.78. The molecule has 0 saturated heterocycles. The van der Waals surface area contributed by atoms with Crippen LogP contribution < -0.4 is 5.32 Å². The Balaban J connectivity index is 1.92. The Hall–Kier alpha value is -1.20. The third kappa shape index (κ3) is 4.92. The van der Waals surface area contributed by atoms with E-state index in [-0.39, 0.29) is 18.7 Å². The number of thioether (sulfide) groups is 1. The number of aryl methyl sites for hydroxylation is 1. The van der Waals surface area contributed by atoms with Crippen molar-refractivity contribution in [3.05, 3.63) is 35.4 Å². The van der Waals surface area contributed by atoms with Crippen LogP contribution >= 0.6 is 11.8 Å². The molecular weight excluding hydrogens is 296 g/mol. The summed E-state index contributed by atoms with van der Waals surface area (Å²) in [6, 6.07) is 8.36. The highest BCUT2D eigenvalue weighted by atomic mass is 32.2. The number of benzene rings is 1. The van der Waals surface area contributed by atoms with Crippen molar-refractivity contribution in [3.8, 4) is 0 Å². The van der Waals surface area contributed by atoms with Gasteiger partial charge >= 0.3 is 6.03 Å². The van der Waals surface area contributed by atoms with Gasteiger partial charge in [-0.3, -0.25) is 0 Å². The van der Waals surface area contributed by atoms with Crippen molar-refractivity contribution in [3.63, 3.8) is 0 Å². The van der Waals surface area contributed by atoms with Crippen LogP contribution in [-0.4, -0.2) is 46.7 Å². The van der Waals surface area contributed by atoms with Gasteiger partial charge in [-0.25, -0.2) is 4.79 Å². The highest BCUT2D eigenvalue weighted by Gasteiger charge is 2.26. The average Bonchev–Trinajstić information content (AvgIpc) is 2.96. The van der Waals surface area contributed by atoms with E-state index in [9.17, 15) is 9.90 Å². The molecule has 0 heterocycles. The molecule has 1 aromatic carbocycles. The molecule has 122 valence electrons. The molecule has 0 spiro atoms. The van der Waals surface area contributed by atoms with E-state index < -0.39 is 0 Å². The summed E-state index contributed by atoms with van der Waals surface area (Å²) >= 11 is 1.88. The summed E-state index contributed by atoms with van der Waals surface area (Å²) < 4.78 is 0. The maximum Gasteiger partial charge on any atom is 0.317 e. The fourth-order valence-electron chi connectivity index (χ4n) is 2.84. The lowest BCUT2D eigenvalue weighted by atomic mass is 10.1. The zero-order chi connectivity index (χ0) is 15.9. The molecule has 2 atom stereocenters. The first kappa shape index (κ1) is 17.2. The van der Waals surface area contributed by atoms with Crippen LogP contribution in [0.25, 0.3) is 0 Å². The number of rotatable bonds is 6. The molecule has 1 aromatic rings. The number of nitrogens with one attached hydrogen (secondary N) is 1.